The van der Waals surface area contributed by atoms with Gasteiger partial charge in [0.15, 0.2) is 5.17 Å². The molecule has 0 bridgehead atoms. The van der Waals surface area contributed by atoms with E-state index in [2.05, 4.69) is 14.9 Å². The summed E-state index contributed by atoms with van der Waals surface area (Å²) in [5.41, 5.74) is 0.921. The fourth-order valence-corrected chi connectivity index (χ4v) is 2.82. The Hall–Kier alpha value is -1.53. The lowest BCUT2D eigenvalue weighted by Crippen LogP contribution is -2.38. The quantitative estimate of drug-likeness (QED) is 0.776. The van der Waals surface area contributed by atoms with E-state index in [-0.39, 0.29) is 5.91 Å². The van der Waals surface area contributed by atoms with Gasteiger partial charge in [0.1, 0.15) is 0 Å². The first-order valence-electron chi connectivity index (χ1n) is 5.81. The van der Waals surface area contributed by atoms with Gasteiger partial charge in [0, 0.05) is 25.0 Å². The van der Waals surface area contributed by atoms with E-state index < -0.39 is 0 Å². The molecular formula is C12H13N3O2S. The van der Waals surface area contributed by atoms with E-state index in [0.717, 1.165) is 24.0 Å². The maximum absolute atomic E-state index is 11.8. The third-order valence-electron chi connectivity index (χ3n) is 2.80. The molecule has 5 nitrogen and oxygen atoms in total. The minimum Gasteiger partial charge on any atom is -0.378 e. The third kappa shape index (κ3) is 2.34. The first-order chi connectivity index (χ1) is 8.83. The van der Waals surface area contributed by atoms with Crippen molar-refractivity contribution in [1.29, 1.82) is 0 Å². The summed E-state index contributed by atoms with van der Waals surface area (Å²) in [5, 5.41) is 0.793. The van der Waals surface area contributed by atoms with E-state index in [1.54, 1.807) is 0 Å². The molecule has 2 aliphatic heterocycles. The first-order valence-corrected chi connectivity index (χ1v) is 6.63. The van der Waals surface area contributed by atoms with E-state index >= 15 is 0 Å². The Morgan fingerprint density at radius 2 is 2.28 bits per heavy atom. The number of hydrogen-bond donors (Lipinski definition) is 1. The Bertz CT molecular complexity index is 501. The van der Waals surface area contributed by atoms with Crippen LogP contribution in [0.5, 0.6) is 0 Å². The van der Waals surface area contributed by atoms with Crippen LogP contribution in [0, 0.1) is 0 Å². The highest BCUT2D eigenvalue weighted by molar-refractivity contribution is 8.18. The highest BCUT2D eigenvalue weighted by Gasteiger charge is 2.27. The van der Waals surface area contributed by atoms with Gasteiger partial charge in [-0.25, -0.2) is 0 Å². The molecule has 1 aromatic heterocycles. The Balaban J connectivity index is 1.74. The Labute approximate surface area is 109 Å². The fraction of sp³-hybridized carbons (Fsp3) is 0.333. The summed E-state index contributed by atoms with van der Waals surface area (Å²) < 4.78 is 5.29. The van der Waals surface area contributed by atoms with Gasteiger partial charge < -0.3 is 14.6 Å². The summed E-state index contributed by atoms with van der Waals surface area (Å²) in [6, 6.07) is 3.83. The number of aliphatic imine (C=N–C) groups is 1. The van der Waals surface area contributed by atoms with Gasteiger partial charge in [0.25, 0.3) is 5.91 Å². The van der Waals surface area contributed by atoms with Crippen LogP contribution in [0.2, 0.25) is 0 Å². The molecule has 0 radical (unpaired) electrons. The molecular weight excluding hydrogens is 250 g/mol. The van der Waals surface area contributed by atoms with Crippen molar-refractivity contribution in [2.45, 2.75) is 0 Å². The topological polar surface area (TPSA) is 57.7 Å². The summed E-state index contributed by atoms with van der Waals surface area (Å²) in [6.45, 7) is 3.00. The fourth-order valence-electron chi connectivity index (χ4n) is 1.86. The van der Waals surface area contributed by atoms with Gasteiger partial charge in [-0.15, -0.1) is 0 Å². The number of rotatable bonds is 1. The lowest BCUT2D eigenvalue weighted by molar-refractivity contribution is -0.113. The molecule has 0 aliphatic carbocycles. The summed E-state index contributed by atoms with van der Waals surface area (Å²) in [7, 11) is 0. The number of carbonyl (C=O) groups is 1. The average Bonchev–Trinajstić information content (AvgIpc) is 3.02. The van der Waals surface area contributed by atoms with E-state index in [1.807, 2.05) is 24.4 Å². The van der Waals surface area contributed by atoms with E-state index in [4.69, 9.17) is 4.74 Å². The highest BCUT2D eigenvalue weighted by atomic mass is 32.2. The molecule has 18 heavy (non-hydrogen) atoms. The predicted octanol–water partition coefficient (Wildman–Crippen LogP) is 1.32. The van der Waals surface area contributed by atoms with Crippen LogP contribution < -0.4 is 0 Å². The van der Waals surface area contributed by atoms with Crippen LogP contribution in [0.3, 0.4) is 0 Å². The number of nitrogens with zero attached hydrogens (tertiary/aromatic N) is 2. The zero-order valence-corrected chi connectivity index (χ0v) is 10.6. The summed E-state index contributed by atoms with van der Waals surface area (Å²) >= 11 is 1.44. The van der Waals surface area contributed by atoms with Gasteiger partial charge in [0.2, 0.25) is 0 Å². The van der Waals surface area contributed by atoms with Gasteiger partial charge in [-0.05, 0) is 30.0 Å². The molecule has 1 saturated heterocycles. The number of aromatic amines is 1. The van der Waals surface area contributed by atoms with Gasteiger partial charge >= 0.3 is 0 Å². The number of aromatic nitrogens is 1. The molecule has 0 atom stereocenters. The number of carbonyl (C=O) groups excluding carboxylic acids is 1. The standard InChI is InChI=1S/C12H13N3O2S/c16-11-10(8-9-2-1-3-13-9)18-12(14-11)15-4-6-17-7-5-15/h1-3,8,13H,4-7H2. The minimum absolute atomic E-state index is 0.156. The highest BCUT2D eigenvalue weighted by Crippen LogP contribution is 2.30. The van der Waals surface area contributed by atoms with Crippen molar-refractivity contribution in [3.63, 3.8) is 0 Å². The number of nitrogens with one attached hydrogen (secondary N) is 1. The number of amides is 1. The molecule has 6 heteroatoms. The summed E-state index contributed by atoms with van der Waals surface area (Å²) in [4.78, 5) is 21.7. The summed E-state index contributed by atoms with van der Waals surface area (Å²) in [5.74, 6) is -0.156. The van der Waals surface area contributed by atoms with E-state index in [1.165, 1.54) is 11.8 Å². The smallest absolute Gasteiger partial charge is 0.286 e. The Morgan fingerprint density at radius 3 is 3.00 bits per heavy atom. The molecule has 1 aromatic rings. The molecule has 3 rings (SSSR count). The van der Waals surface area contributed by atoms with Crippen molar-refractivity contribution in [3.8, 4) is 0 Å². The largest absolute Gasteiger partial charge is 0.378 e. The second kappa shape index (κ2) is 4.99. The molecule has 94 valence electrons. The molecule has 1 amide bonds. The van der Waals surface area contributed by atoms with Gasteiger partial charge in [-0.3, -0.25) is 4.79 Å². The lowest BCUT2D eigenvalue weighted by Gasteiger charge is -2.27. The minimum atomic E-state index is -0.156. The van der Waals surface area contributed by atoms with Crippen LogP contribution in [0.1, 0.15) is 5.69 Å². The number of ether oxygens (including phenoxy) is 1. The molecule has 0 unspecified atom stereocenters. The molecule has 3 heterocycles. The lowest BCUT2D eigenvalue weighted by atomic mass is 10.4. The second-order valence-corrected chi connectivity index (χ2v) is 5.04. The average molecular weight is 263 g/mol. The van der Waals surface area contributed by atoms with Crippen molar-refractivity contribution >= 4 is 28.9 Å². The van der Waals surface area contributed by atoms with Crippen molar-refractivity contribution in [1.82, 2.24) is 9.88 Å². The zero-order valence-electron chi connectivity index (χ0n) is 9.76. The Kier molecular flexibility index (Phi) is 3.21. The van der Waals surface area contributed by atoms with Gasteiger partial charge in [-0.1, -0.05) is 0 Å². The predicted molar refractivity (Wildman–Crippen MR) is 71.2 cm³/mol. The van der Waals surface area contributed by atoms with Crippen LogP contribution in [-0.4, -0.2) is 47.3 Å². The normalized spacial score (nSPS) is 22.7. The molecule has 2 aliphatic rings. The number of amidine groups is 1. The van der Waals surface area contributed by atoms with Crippen LogP contribution in [-0.2, 0) is 9.53 Å². The van der Waals surface area contributed by atoms with E-state index in [0.29, 0.717) is 18.1 Å². The zero-order chi connectivity index (χ0) is 12.4. The number of H-pyrrole nitrogens is 1. The van der Waals surface area contributed by atoms with Crippen molar-refractivity contribution in [2.24, 2.45) is 4.99 Å². The molecule has 0 saturated carbocycles. The van der Waals surface area contributed by atoms with Crippen molar-refractivity contribution < 1.29 is 9.53 Å². The third-order valence-corrected chi connectivity index (χ3v) is 3.84. The van der Waals surface area contributed by atoms with E-state index in [9.17, 15) is 4.79 Å². The number of morpholine rings is 1. The van der Waals surface area contributed by atoms with Crippen molar-refractivity contribution in [3.05, 3.63) is 28.9 Å². The molecule has 1 N–H and O–H groups in total. The van der Waals surface area contributed by atoms with Crippen LogP contribution >= 0.6 is 11.8 Å². The summed E-state index contributed by atoms with van der Waals surface area (Å²) in [6.07, 6.45) is 3.67. The van der Waals surface area contributed by atoms with Gasteiger partial charge in [-0.2, -0.15) is 4.99 Å². The molecule has 0 aromatic carbocycles. The monoisotopic (exact) mass is 263 g/mol. The number of thioether (sulfide) groups is 1. The molecule has 0 spiro atoms. The molecule has 1 fully saturated rings. The first kappa shape index (κ1) is 11.6. The maximum atomic E-state index is 11.8. The van der Waals surface area contributed by atoms with Crippen LogP contribution in [0.15, 0.2) is 28.2 Å². The second-order valence-electron chi connectivity index (χ2n) is 4.04. The SMILES string of the molecule is O=C1N=C(N2CCOCC2)SC1=Cc1ccc[nH]1. The Morgan fingerprint density at radius 1 is 1.44 bits per heavy atom. The maximum Gasteiger partial charge on any atom is 0.286 e. The number of hydrogen-bond acceptors (Lipinski definition) is 4. The van der Waals surface area contributed by atoms with Crippen LogP contribution in [0.25, 0.3) is 6.08 Å². The van der Waals surface area contributed by atoms with Crippen LogP contribution in [0.4, 0.5) is 0 Å². The van der Waals surface area contributed by atoms with Crippen molar-refractivity contribution in [2.75, 3.05) is 26.3 Å². The van der Waals surface area contributed by atoms with Gasteiger partial charge in [0.05, 0.1) is 18.1 Å².